The SMILES string of the molecule is N#C[C@]12CC(=O)[C@H]1[C@H]1C=C[C@@H]2CC1. The van der Waals surface area contributed by atoms with E-state index >= 15 is 0 Å². The van der Waals surface area contributed by atoms with Crippen LogP contribution in [0.25, 0.3) is 0 Å². The fourth-order valence-electron chi connectivity index (χ4n) is 3.39. The molecule has 2 fully saturated rings. The second kappa shape index (κ2) is 2.04. The molecule has 13 heavy (non-hydrogen) atoms. The van der Waals surface area contributed by atoms with E-state index in [9.17, 15) is 10.1 Å². The average Bonchev–Trinajstić information content (AvgIpc) is 2.15. The van der Waals surface area contributed by atoms with Crippen LogP contribution >= 0.6 is 0 Å². The number of Topliss-reactive ketones (excluding diaryl/α,β-unsaturated/α-hetero) is 1. The van der Waals surface area contributed by atoms with Crippen molar-refractivity contribution >= 4 is 5.78 Å². The summed E-state index contributed by atoms with van der Waals surface area (Å²) in [6.07, 6.45) is 7.06. The van der Waals surface area contributed by atoms with Gasteiger partial charge in [-0.25, -0.2) is 0 Å². The molecule has 0 heterocycles. The molecule has 0 N–H and O–H groups in total. The zero-order valence-electron chi connectivity index (χ0n) is 7.36. The molecule has 2 bridgehead atoms. The molecule has 2 nitrogen and oxygen atoms in total. The van der Waals surface area contributed by atoms with Crippen molar-refractivity contribution in [2.24, 2.45) is 23.2 Å². The van der Waals surface area contributed by atoms with Crippen molar-refractivity contribution in [3.8, 4) is 6.07 Å². The molecule has 0 saturated heterocycles. The zero-order valence-corrected chi connectivity index (χ0v) is 7.36. The van der Waals surface area contributed by atoms with Gasteiger partial charge in [0.2, 0.25) is 0 Å². The molecule has 0 amide bonds. The molecule has 0 aromatic heterocycles. The Hall–Kier alpha value is -1.10. The average molecular weight is 173 g/mol. The van der Waals surface area contributed by atoms with Gasteiger partial charge >= 0.3 is 0 Å². The predicted octanol–water partition coefficient (Wildman–Crippen LogP) is 1.68. The first-order valence-corrected chi connectivity index (χ1v) is 4.90. The lowest BCUT2D eigenvalue weighted by Gasteiger charge is -2.56. The van der Waals surface area contributed by atoms with E-state index < -0.39 is 0 Å². The second-order valence-electron chi connectivity index (χ2n) is 4.51. The standard InChI is InChI=1S/C11H11NO/c12-6-11-5-9(13)10(11)7-1-3-8(11)4-2-7/h1,3,7-8,10H,2,4-5H2/t7-,8+,10+,11-/m0/s1. The maximum absolute atomic E-state index is 11.4. The van der Waals surface area contributed by atoms with Gasteiger partial charge in [0.05, 0.1) is 11.5 Å². The normalized spacial score (nSPS) is 51.0. The molecular weight excluding hydrogens is 162 g/mol. The molecular formula is C11H11NO. The molecule has 0 aliphatic heterocycles. The summed E-state index contributed by atoms with van der Waals surface area (Å²) in [5.74, 6) is 1.12. The van der Waals surface area contributed by atoms with E-state index in [1.807, 2.05) is 0 Å². The summed E-state index contributed by atoms with van der Waals surface area (Å²) in [4.78, 5) is 11.4. The van der Waals surface area contributed by atoms with Gasteiger partial charge in [0.25, 0.3) is 0 Å². The number of allylic oxidation sites excluding steroid dienone is 2. The minimum atomic E-state index is -0.283. The highest BCUT2D eigenvalue weighted by Crippen LogP contribution is 2.61. The van der Waals surface area contributed by atoms with Crippen LogP contribution in [0.1, 0.15) is 19.3 Å². The van der Waals surface area contributed by atoms with Crippen molar-refractivity contribution in [3.63, 3.8) is 0 Å². The molecule has 4 atom stereocenters. The van der Waals surface area contributed by atoms with Crippen molar-refractivity contribution < 1.29 is 4.79 Å². The third-order valence-corrected chi connectivity index (χ3v) is 4.07. The van der Waals surface area contributed by atoms with E-state index in [0.717, 1.165) is 12.8 Å². The van der Waals surface area contributed by atoms with Gasteiger partial charge in [-0.2, -0.15) is 5.26 Å². The van der Waals surface area contributed by atoms with Gasteiger partial charge in [-0.1, -0.05) is 12.2 Å². The molecule has 66 valence electrons. The minimum absolute atomic E-state index is 0.0567. The largest absolute Gasteiger partial charge is 0.299 e. The molecule has 2 heteroatoms. The summed E-state index contributed by atoms with van der Waals surface area (Å²) in [7, 11) is 0. The number of nitrogens with zero attached hydrogens (tertiary/aromatic N) is 1. The third kappa shape index (κ3) is 0.634. The third-order valence-electron chi connectivity index (χ3n) is 4.07. The molecule has 0 unspecified atom stereocenters. The number of fused-ring (bicyclic) bond motifs is 1. The minimum Gasteiger partial charge on any atom is -0.299 e. The van der Waals surface area contributed by atoms with Gasteiger partial charge in [-0.15, -0.1) is 0 Å². The highest BCUT2D eigenvalue weighted by molar-refractivity contribution is 5.91. The first-order valence-electron chi connectivity index (χ1n) is 4.90. The maximum Gasteiger partial charge on any atom is 0.139 e. The second-order valence-corrected chi connectivity index (χ2v) is 4.51. The Bertz CT molecular complexity index is 352. The highest BCUT2D eigenvalue weighted by atomic mass is 16.1. The van der Waals surface area contributed by atoms with E-state index in [1.54, 1.807) is 0 Å². The molecule has 0 radical (unpaired) electrons. The summed E-state index contributed by atoms with van der Waals surface area (Å²) in [5.41, 5.74) is -0.283. The summed E-state index contributed by atoms with van der Waals surface area (Å²) in [6, 6.07) is 2.41. The summed E-state index contributed by atoms with van der Waals surface area (Å²) in [6.45, 7) is 0. The lowest BCUT2D eigenvalue weighted by Crippen LogP contribution is -2.59. The van der Waals surface area contributed by atoms with Gasteiger partial charge in [-0.3, -0.25) is 4.79 Å². The van der Waals surface area contributed by atoms with Crippen LogP contribution in [0, 0.1) is 34.5 Å². The fourth-order valence-corrected chi connectivity index (χ4v) is 3.39. The topological polar surface area (TPSA) is 40.9 Å². The van der Waals surface area contributed by atoms with Gasteiger partial charge in [0.1, 0.15) is 5.78 Å². The van der Waals surface area contributed by atoms with Gasteiger partial charge in [0.15, 0.2) is 0 Å². The number of hydrogen-bond acceptors (Lipinski definition) is 2. The van der Waals surface area contributed by atoms with E-state index in [1.165, 1.54) is 0 Å². The lowest BCUT2D eigenvalue weighted by molar-refractivity contribution is -0.149. The molecule has 4 aliphatic carbocycles. The predicted molar refractivity (Wildman–Crippen MR) is 46.5 cm³/mol. The van der Waals surface area contributed by atoms with Crippen LogP contribution in [0.4, 0.5) is 0 Å². The number of nitriles is 1. The summed E-state index contributed by atoms with van der Waals surface area (Å²) < 4.78 is 0. The van der Waals surface area contributed by atoms with E-state index in [4.69, 9.17) is 0 Å². The number of rotatable bonds is 0. The molecule has 0 aromatic rings. The zero-order chi connectivity index (χ0) is 9.05. The van der Waals surface area contributed by atoms with Gasteiger partial charge in [0, 0.05) is 12.3 Å². The van der Waals surface area contributed by atoms with Crippen LogP contribution in [0.2, 0.25) is 0 Å². The summed E-state index contributed by atoms with van der Waals surface area (Å²) >= 11 is 0. The van der Waals surface area contributed by atoms with Crippen molar-refractivity contribution in [3.05, 3.63) is 12.2 Å². The fraction of sp³-hybridized carbons (Fsp3) is 0.636. The van der Waals surface area contributed by atoms with Crippen LogP contribution in [0.15, 0.2) is 12.2 Å². The Morgan fingerprint density at radius 1 is 1.46 bits per heavy atom. The van der Waals surface area contributed by atoms with Gasteiger partial charge in [-0.05, 0) is 24.7 Å². The van der Waals surface area contributed by atoms with E-state index in [0.29, 0.717) is 24.0 Å². The van der Waals surface area contributed by atoms with Crippen LogP contribution < -0.4 is 0 Å². The molecule has 4 aliphatic rings. The number of ketones is 1. The van der Waals surface area contributed by atoms with Crippen LogP contribution in [-0.2, 0) is 4.79 Å². The van der Waals surface area contributed by atoms with Crippen molar-refractivity contribution in [1.29, 1.82) is 5.26 Å². The number of hydrogen-bond donors (Lipinski definition) is 0. The maximum atomic E-state index is 11.4. The van der Waals surface area contributed by atoms with Crippen LogP contribution in [0.5, 0.6) is 0 Å². The van der Waals surface area contributed by atoms with Crippen molar-refractivity contribution in [1.82, 2.24) is 0 Å². The summed E-state index contributed by atoms with van der Waals surface area (Å²) in [5, 5.41) is 9.18. The molecule has 0 spiro atoms. The highest BCUT2D eigenvalue weighted by Gasteiger charge is 2.63. The smallest absolute Gasteiger partial charge is 0.139 e. The Balaban J connectivity index is 2.11. The van der Waals surface area contributed by atoms with E-state index in [-0.39, 0.29) is 11.3 Å². The van der Waals surface area contributed by atoms with Gasteiger partial charge < -0.3 is 0 Å². The molecule has 4 rings (SSSR count). The first kappa shape index (κ1) is 7.32. The first-order chi connectivity index (χ1) is 6.28. The Labute approximate surface area is 77.2 Å². The van der Waals surface area contributed by atoms with Crippen molar-refractivity contribution in [2.75, 3.05) is 0 Å². The Morgan fingerprint density at radius 2 is 2.31 bits per heavy atom. The molecule has 2 saturated carbocycles. The Morgan fingerprint density at radius 3 is 2.77 bits per heavy atom. The van der Waals surface area contributed by atoms with Crippen molar-refractivity contribution in [2.45, 2.75) is 19.3 Å². The Kier molecular flexibility index (Phi) is 1.15. The van der Waals surface area contributed by atoms with Crippen LogP contribution in [-0.4, -0.2) is 5.78 Å². The quantitative estimate of drug-likeness (QED) is 0.523. The number of carbonyl (C=O) groups is 1. The van der Waals surface area contributed by atoms with E-state index in [2.05, 4.69) is 18.2 Å². The monoisotopic (exact) mass is 173 g/mol. The molecule has 0 aromatic carbocycles. The number of carbonyl (C=O) groups excluding carboxylic acids is 1. The van der Waals surface area contributed by atoms with Crippen LogP contribution in [0.3, 0.4) is 0 Å². The lowest BCUT2D eigenvalue weighted by atomic mass is 9.44.